The van der Waals surface area contributed by atoms with E-state index in [0.717, 1.165) is 12.8 Å². The van der Waals surface area contributed by atoms with E-state index in [9.17, 15) is 4.79 Å². The van der Waals surface area contributed by atoms with Crippen LogP contribution in [0, 0.1) is 0 Å². The highest BCUT2D eigenvalue weighted by Crippen LogP contribution is 2.35. The molecule has 4 nitrogen and oxygen atoms in total. The number of nitrogens with one attached hydrogen (secondary N) is 1. The van der Waals surface area contributed by atoms with Crippen molar-refractivity contribution in [3.05, 3.63) is 17.2 Å². The Balaban J connectivity index is 2.58. The third kappa shape index (κ3) is 5.84. The number of methoxy groups -OCH3 is 2. The van der Waals surface area contributed by atoms with Gasteiger partial charge in [0.15, 0.2) is 0 Å². The summed E-state index contributed by atoms with van der Waals surface area (Å²) in [6, 6.07) is 3.31. The predicted molar refractivity (Wildman–Crippen MR) is 86.6 cm³/mol. The lowest BCUT2D eigenvalue weighted by Crippen LogP contribution is -2.12. The SMILES string of the molecule is CCCCCCCC(=O)Nc1cc(OC)c(Cl)cc1OC. The van der Waals surface area contributed by atoms with E-state index in [1.54, 1.807) is 19.2 Å². The third-order valence-corrected chi connectivity index (χ3v) is 3.55. The van der Waals surface area contributed by atoms with E-state index in [1.807, 2.05) is 0 Å². The highest BCUT2D eigenvalue weighted by Gasteiger charge is 2.12. The van der Waals surface area contributed by atoms with Crippen LogP contribution in [-0.2, 0) is 4.79 Å². The van der Waals surface area contributed by atoms with Gasteiger partial charge in [-0.25, -0.2) is 0 Å². The number of carbonyl (C=O) groups excluding carboxylic acids is 1. The average molecular weight is 314 g/mol. The number of rotatable bonds is 9. The number of ether oxygens (including phenoxy) is 2. The first kappa shape index (κ1) is 17.6. The van der Waals surface area contributed by atoms with Crippen molar-refractivity contribution in [3.63, 3.8) is 0 Å². The highest BCUT2D eigenvalue weighted by atomic mass is 35.5. The summed E-state index contributed by atoms with van der Waals surface area (Å²) in [5.74, 6) is 1.02. The first-order valence-electron chi connectivity index (χ1n) is 7.33. The molecule has 0 heterocycles. The maximum absolute atomic E-state index is 12.0. The van der Waals surface area contributed by atoms with Gasteiger partial charge in [0.05, 0.1) is 24.9 Å². The normalized spacial score (nSPS) is 10.3. The summed E-state index contributed by atoms with van der Waals surface area (Å²) < 4.78 is 10.4. The summed E-state index contributed by atoms with van der Waals surface area (Å²) in [5, 5.41) is 3.30. The topological polar surface area (TPSA) is 47.6 Å². The molecule has 1 amide bonds. The fourth-order valence-corrected chi connectivity index (χ4v) is 2.29. The lowest BCUT2D eigenvalue weighted by atomic mass is 10.1. The first-order chi connectivity index (χ1) is 10.1. The maximum atomic E-state index is 12.0. The summed E-state index contributed by atoms with van der Waals surface area (Å²) >= 11 is 6.03. The van der Waals surface area contributed by atoms with Crippen LogP contribution in [0.3, 0.4) is 0 Å². The fourth-order valence-electron chi connectivity index (χ4n) is 2.06. The summed E-state index contributed by atoms with van der Waals surface area (Å²) in [6.07, 6.45) is 6.11. The molecule has 0 saturated carbocycles. The molecule has 0 unspecified atom stereocenters. The molecule has 0 radical (unpaired) electrons. The van der Waals surface area contributed by atoms with E-state index >= 15 is 0 Å². The molecule has 0 fully saturated rings. The Bertz CT molecular complexity index is 463. The zero-order chi connectivity index (χ0) is 15.7. The van der Waals surface area contributed by atoms with E-state index in [1.165, 1.54) is 26.4 Å². The van der Waals surface area contributed by atoms with Gasteiger partial charge in [0.2, 0.25) is 5.91 Å². The average Bonchev–Trinajstić information content (AvgIpc) is 2.48. The van der Waals surface area contributed by atoms with Crippen LogP contribution < -0.4 is 14.8 Å². The van der Waals surface area contributed by atoms with Gasteiger partial charge in [-0.2, -0.15) is 0 Å². The van der Waals surface area contributed by atoms with Gasteiger partial charge in [-0.05, 0) is 6.42 Å². The second kappa shape index (κ2) is 9.50. The molecule has 0 bridgehead atoms. The Morgan fingerprint density at radius 2 is 1.76 bits per heavy atom. The minimum Gasteiger partial charge on any atom is -0.495 e. The Labute approximate surface area is 131 Å². The summed E-state index contributed by atoms with van der Waals surface area (Å²) in [4.78, 5) is 12.0. The van der Waals surface area contributed by atoms with Crippen molar-refractivity contribution in [2.24, 2.45) is 0 Å². The van der Waals surface area contributed by atoms with Crippen molar-refractivity contribution >= 4 is 23.2 Å². The van der Waals surface area contributed by atoms with E-state index in [-0.39, 0.29) is 5.91 Å². The van der Waals surface area contributed by atoms with E-state index in [2.05, 4.69) is 12.2 Å². The number of anilines is 1. The molecule has 0 aromatic heterocycles. The Hall–Kier alpha value is -1.42. The molecule has 0 aliphatic carbocycles. The molecular formula is C16H24ClNO3. The van der Waals surface area contributed by atoms with Gasteiger partial charge in [-0.1, -0.05) is 44.2 Å². The lowest BCUT2D eigenvalue weighted by molar-refractivity contribution is -0.116. The molecule has 0 atom stereocenters. The number of hydrogen-bond acceptors (Lipinski definition) is 3. The fraction of sp³-hybridized carbons (Fsp3) is 0.562. The smallest absolute Gasteiger partial charge is 0.224 e. The van der Waals surface area contributed by atoms with Gasteiger partial charge < -0.3 is 14.8 Å². The van der Waals surface area contributed by atoms with E-state index in [4.69, 9.17) is 21.1 Å². The molecule has 0 saturated heterocycles. The summed E-state index contributed by atoms with van der Waals surface area (Å²) in [6.45, 7) is 2.17. The van der Waals surface area contributed by atoms with E-state index < -0.39 is 0 Å². The Morgan fingerprint density at radius 3 is 2.38 bits per heavy atom. The predicted octanol–water partition coefficient (Wildman–Crippen LogP) is 4.66. The van der Waals surface area contributed by atoms with Crippen LogP contribution in [0.25, 0.3) is 0 Å². The number of carbonyl (C=O) groups is 1. The molecule has 21 heavy (non-hydrogen) atoms. The minimum atomic E-state index is -0.0193. The van der Waals surface area contributed by atoms with Gasteiger partial charge in [0.25, 0.3) is 0 Å². The number of halogens is 1. The van der Waals surface area contributed by atoms with Crippen molar-refractivity contribution < 1.29 is 14.3 Å². The zero-order valence-electron chi connectivity index (χ0n) is 13.0. The quantitative estimate of drug-likeness (QED) is 0.675. The van der Waals surface area contributed by atoms with Crippen LogP contribution in [0.4, 0.5) is 5.69 Å². The van der Waals surface area contributed by atoms with Crippen LogP contribution in [0.15, 0.2) is 12.1 Å². The minimum absolute atomic E-state index is 0.0193. The van der Waals surface area contributed by atoms with Gasteiger partial charge in [-0.3, -0.25) is 4.79 Å². The van der Waals surface area contributed by atoms with Crippen LogP contribution in [-0.4, -0.2) is 20.1 Å². The van der Waals surface area contributed by atoms with Crippen LogP contribution in [0.5, 0.6) is 11.5 Å². The monoisotopic (exact) mass is 313 g/mol. The third-order valence-electron chi connectivity index (χ3n) is 3.26. The lowest BCUT2D eigenvalue weighted by Gasteiger charge is -2.13. The van der Waals surface area contributed by atoms with Crippen molar-refractivity contribution in [1.82, 2.24) is 0 Å². The maximum Gasteiger partial charge on any atom is 0.224 e. The first-order valence-corrected chi connectivity index (χ1v) is 7.71. The van der Waals surface area contributed by atoms with Crippen LogP contribution >= 0.6 is 11.6 Å². The van der Waals surface area contributed by atoms with Gasteiger partial charge >= 0.3 is 0 Å². The molecule has 1 N–H and O–H groups in total. The Kier molecular flexibility index (Phi) is 7.98. The summed E-state index contributed by atoms with van der Waals surface area (Å²) in [7, 11) is 3.07. The highest BCUT2D eigenvalue weighted by molar-refractivity contribution is 6.32. The number of unbranched alkanes of at least 4 members (excludes halogenated alkanes) is 4. The van der Waals surface area contributed by atoms with Crippen molar-refractivity contribution in [2.45, 2.75) is 45.4 Å². The molecule has 0 aliphatic rings. The zero-order valence-corrected chi connectivity index (χ0v) is 13.8. The molecule has 0 aliphatic heterocycles. The molecule has 5 heteroatoms. The molecule has 118 valence electrons. The number of benzene rings is 1. The van der Waals surface area contributed by atoms with E-state index in [0.29, 0.717) is 28.6 Å². The van der Waals surface area contributed by atoms with Crippen LogP contribution in [0.1, 0.15) is 45.4 Å². The van der Waals surface area contributed by atoms with Gasteiger partial charge in [0.1, 0.15) is 11.5 Å². The van der Waals surface area contributed by atoms with Crippen LogP contribution in [0.2, 0.25) is 5.02 Å². The molecule has 1 rings (SSSR count). The van der Waals surface area contributed by atoms with Gasteiger partial charge in [-0.15, -0.1) is 0 Å². The second-order valence-corrected chi connectivity index (χ2v) is 5.31. The standard InChI is InChI=1S/C16H24ClNO3/c1-4-5-6-7-8-9-16(19)18-13-11-14(20-2)12(17)10-15(13)21-3/h10-11H,4-9H2,1-3H3,(H,18,19). The van der Waals surface area contributed by atoms with Crippen molar-refractivity contribution in [1.29, 1.82) is 0 Å². The second-order valence-electron chi connectivity index (χ2n) is 4.90. The molecule has 1 aromatic carbocycles. The number of hydrogen-bond donors (Lipinski definition) is 1. The Morgan fingerprint density at radius 1 is 1.10 bits per heavy atom. The molecular weight excluding hydrogens is 290 g/mol. The summed E-state index contributed by atoms with van der Waals surface area (Å²) in [5.41, 5.74) is 0.581. The molecule has 1 aromatic rings. The number of amides is 1. The molecule has 0 spiro atoms. The largest absolute Gasteiger partial charge is 0.495 e. The van der Waals surface area contributed by atoms with Crippen molar-refractivity contribution in [2.75, 3.05) is 19.5 Å². The van der Waals surface area contributed by atoms with Gasteiger partial charge in [0, 0.05) is 18.6 Å². The van der Waals surface area contributed by atoms with Crippen molar-refractivity contribution in [3.8, 4) is 11.5 Å².